The predicted octanol–water partition coefficient (Wildman–Crippen LogP) is 0.854. The van der Waals surface area contributed by atoms with E-state index >= 15 is 0 Å². The number of amides is 1. The van der Waals surface area contributed by atoms with E-state index in [1.54, 1.807) is 0 Å². The molecular weight excluding hydrogens is 182 g/mol. The lowest BCUT2D eigenvalue weighted by atomic mass is 10.1. The molecule has 0 aliphatic carbocycles. The zero-order valence-corrected chi connectivity index (χ0v) is 8.26. The molecule has 0 aromatic rings. The fourth-order valence-corrected chi connectivity index (χ4v) is 1.13. The topological polar surface area (TPSA) is 66.4 Å². The van der Waals surface area contributed by atoms with Crippen LogP contribution in [0.3, 0.4) is 0 Å². The molecule has 0 aromatic carbocycles. The average molecular weight is 195 g/mol. The Morgan fingerprint density at radius 1 is 1.57 bits per heavy atom. The molecule has 14 heavy (non-hydrogen) atoms. The molecule has 76 valence electrons. The van der Waals surface area contributed by atoms with Crippen LogP contribution in [0.15, 0.2) is 23.0 Å². The molecular formula is C10H13NO3. The predicted molar refractivity (Wildman–Crippen MR) is 51.7 cm³/mol. The summed E-state index contributed by atoms with van der Waals surface area (Å²) in [5.74, 6) is -1.08. The molecule has 0 bridgehead atoms. The molecule has 1 amide bonds. The summed E-state index contributed by atoms with van der Waals surface area (Å²) in [6, 6.07) is 0. The molecule has 0 radical (unpaired) electrons. The van der Waals surface area contributed by atoms with Gasteiger partial charge >= 0.3 is 0 Å². The fraction of sp³-hybridized carbons (Fsp3) is 0.400. The molecule has 1 saturated heterocycles. The van der Waals surface area contributed by atoms with Crippen molar-refractivity contribution < 1.29 is 14.7 Å². The molecule has 0 unspecified atom stereocenters. The van der Waals surface area contributed by atoms with Gasteiger partial charge < -0.3 is 10.4 Å². The highest BCUT2D eigenvalue weighted by Gasteiger charge is 2.28. The Balaban J connectivity index is 3.03. The third-order valence-corrected chi connectivity index (χ3v) is 2.11. The van der Waals surface area contributed by atoms with E-state index in [0.717, 1.165) is 12.0 Å². The number of hydrogen-bond donors (Lipinski definition) is 2. The third kappa shape index (κ3) is 2.02. The van der Waals surface area contributed by atoms with E-state index in [0.29, 0.717) is 0 Å². The fourth-order valence-electron chi connectivity index (χ4n) is 1.13. The minimum Gasteiger partial charge on any atom is -0.507 e. The zero-order valence-electron chi connectivity index (χ0n) is 8.26. The normalized spacial score (nSPS) is 21.1. The van der Waals surface area contributed by atoms with E-state index in [4.69, 9.17) is 0 Å². The van der Waals surface area contributed by atoms with E-state index < -0.39 is 5.91 Å². The summed E-state index contributed by atoms with van der Waals surface area (Å²) in [5, 5.41) is 11.9. The van der Waals surface area contributed by atoms with E-state index in [1.807, 2.05) is 13.8 Å². The maximum Gasteiger partial charge on any atom is 0.259 e. The number of Topliss-reactive ketones (excluding diaryl/α,β-unsaturated/α-hetero) is 1. The number of allylic oxidation sites excluding steroid dienone is 2. The lowest BCUT2D eigenvalue weighted by Gasteiger charge is -1.98. The Morgan fingerprint density at radius 3 is 2.64 bits per heavy atom. The molecule has 1 fully saturated rings. The quantitative estimate of drug-likeness (QED) is 0.390. The summed E-state index contributed by atoms with van der Waals surface area (Å²) in [7, 11) is 0. The van der Waals surface area contributed by atoms with Crippen molar-refractivity contribution >= 4 is 11.7 Å². The summed E-state index contributed by atoms with van der Waals surface area (Å²) in [5.41, 5.74) is 0.792. The molecule has 4 heteroatoms. The lowest BCUT2D eigenvalue weighted by molar-refractivity contribution is -0.117. The summed E-state index contributed by atoms with van der Waals surface area (Å²) < 4.78 is 0. The zero-order chi connectivity index (χ0) is 10.7. The monoisotopic (exact) mass is 195 g/mol. The minimum atomic E-state index is -0.493. The van der Waals surface area contributed by atoms with E-state index in [9.17, 15) is 14.7 Å². The number of nitrogens with one attached hydrogen (secondary N) is 1. The Morgan fingerprint density at radius 2 is 2.21 bits per heavy atom. The second kappa shape index (κ2) is 4.09. The first-order chi connectivity index (χ1) is 6.56. The van der Waals surface area contributed by atoms with Crippen LogP contribution in [0, 0.1) is 0 Å². The highest BCUT2D eigenvalue weighted by molar-refractivity contribution is 6.25. The molecule has 1 aliphatic rings. The number of carbonyl (C=O) groups excluding carboxylic acids is 2. The Kier molecular flexibility index (Phi) is 3.06. The molecule has 0 atom stereocenters. The van der Waals surface area contributed by atoms with Crippen LogP contribution >= 0.6 is 0 Å². The number of carbonyl (C=O) groups is 2. The largest absolute Gasteiger partial charge is 0.507 e. The first-order valence-corrected chi connectivity index (χ1v) is 4.48. The molecule has 2 N–H and O–H groups in total. The highest BCUT2D eigenvalue weighted by Crippen LogP contribution is 2.12. The van der Waals surface area contributed by atoms with Crippen molar-refractivity contribution in [2.75, 3.05) is 6.54 Å². The minimum absolute atomic E-state index is 0.0166. The van der Waals surface area contributed by atoms with Crippen LogP contribution < -0.4 is 5.32 Å². The summed E-state index contributed by atoms with van der Waals surface area (Å²) in [4.78, 5) is 22.3. The van der Waals surface area contributed by atoms with Crippen molar-refractivity contribution in [2.24, 2.45) is 0 Å². The van der Waals surface area contributed by atoms with Crippen molar-refractivity contribution in [2.45, 2.75) is 20.3 Å². The molecule has 1 heterocycles. The van der Waals surface area contributed by atoms with Gasteiger partial charge in [-0.3, -0.25) is 9.59 Å². The molecule has 0 spiro atoms. The summed E-state index contributed by atoms with van der Waals surface area (Å²) in [6.07, 6.45) is 2.23. The van der Waals surface area contributed by atoms with Crippen molar-refractivity contribution in [1.29, 1.82) is 0 Å². The molecule has 4 nitrogen and oxygen atoms in total. The van der Waals surface area contributed by atoms with Crippen LogP contribution in [-0.4, -0.2) is 23.3 Å². The third-order valence-electron chi connectivity index (χ3n) is 2.11. The van der Waals surface area contributed by atoms with Gasteiger partial charge in [-0.05, 0) is 19.4 Å². The maximum absolute atomic E-state index is 11.2. The number of hydrogen-bond acceptors (Lipinski definition) is 3. The van der Waals surface area contributed by atoms with Gasteiger partial charge in [0, 0.05) is 0 Å². The van der Waals surface area contributed by atoms with Crippen LogP contribution in [0.2, 0.25) is 0 Å². The maximum atomic E-state index is 11.2. The molecule has 1 aliphatic heterocycles. The Hall–Kier alpha value is -1.58. The average Bonchev–Trinajstić information content (AvgIpc) is 2.46. The van der Waals surface area contributed by atoms with E-state index in [2.05, 4.69) is 5.32 Å². The van der Waals surface area contributed by atoms with Gasteiger partial charge in [0.1, 0.15) is 11.3 Å². The lowest BCUT2D eigenvalue weighted by Crippen LogP contribution is -2.14. The standard InChI is InChI=1S/C10H13NO3/c1-3-6(2)4-7(12)9-8(13)5-11-10(9)14/h4,12H,3,5H2,1-2H3,(H,11,14)/b6-4+,9-7+. The van der Waals surface area contributed by atoms with Gasteiger partial charge in [0.25, 0.3) is 5.91 Å². The van der Waals surface area contributed by atoms with Gasteiger partial charge in [-0.2, -0.15) is 0 Å². The van der Waals surface area contributed by atoms with Crippen molar-refractivity contribution in [1.82, 2.24) is 5.32 Å². The van der Waals surface area contributed by atoms with Gasteiger partial charge in [-0.1, -0.05) is 12.5 Å². The van der Waals surface area contributed by atoms with Crippen LogP contribution in [0.5, 0.6) is 0 Å². The van der Waals surface area contributed by atoms with E-state index in [-0.39, 0.29) is 23.7 Å². The number of aliphatic hydroxyl groups excluding tert-OH is 1. The smallest absolute Gasteiger partial charge is 0.259 e. The van der Waals surface area contributed by atoms with Gasteiger partial charge in [0.2, 0.25) is 0 Å². The number of ketones is 1. The van der Waals surface area contributed by atoms with E-state index in [1.165, 1.54) is 6.08 Å². The first kappa shape index (κ1) is 10.5. The van der Waals surface area contributed by atoms with Crippen molar-refractivity contribution in [3.63, 3.8) is 0 Å². The Labute approximate surface area is 82.3 Å². The van der Waals surface area contributed by atoms with Crippen LogP contribution in [0.25, 0.3) is 0 Å². The SMILES string of the molecule is CC/C(C)=C/C(O)=C1/C(=O)CNC1=O. The van der Waals surface area contributed by atoms with Crippen molar-refractivity contribution in [3.8, 4) is 0 Å². The second-order valence-electron chi connectivity index (χ2n) is 3.21. The first-order valence-electron chi connectivity index (χ1n) is 4.48. The summed E-state index contributed by atoms with van der Waals surface area (Å²) in [6.45, 7) is 3.74. The molecule has 0 saturated carbocycles. The second-order valence-corrected chi connectivity index (χ2v) is 3.21. The number of rotatable bonds is 2. The highest BCUT2D eigenvalue weighted by atomic mass is 16.3. The van der Waals surface area contributed by atoms with Gasteiger partial charge in [0.15, 0.2) is 5.78 Å². The van der Waals surface area contributed by atoms with Crippen molar-refractivity contribution in [3.05, 3.63) is 23.0 Å². The van der Waals surface area contributed by atoms with Gasteiger partial charge in [-0.25, -0.2) is 0 Å². The van der Waals surface area contributed by atoms with Crippen LogP contribution in [0.4, 0.5) is 0 Å². The summed E-state index contributed by atoms with van der Waals surface area (Å²) >= 11 is 0. The van der Waals surface area contributed by atoms with Gasteiger partial charge in [-0.15, -0.1) is 0 Å². The number of aliphatic hydroxyl groups is 1. The molecule has 0 aromatic heterocycles. The van der Waals surface area contributed by atoms with Crippen LogP contribution in [-0.2, 0) is 9.59 Å². The molecule has 1 rings (SSSR count). The van der Waals surface area contributed by atoms with Gasteiger partial charge in [0.05, 0.1) is 6.54 Å². The Bertz CT molecular complexity index is 321. The van der Waals surface area contributed by atoms with Crippen LogP contribution in [0.1, 0.15) is 20.3 Å².